The lowest BCUT2D eigenvalue weighted by Crippen LogP contribution is -0.987. The summed E-state index contributed by atoms with van der Waals surface area (Å²) < 4.78 is 0. The standard InChI is InChI=1S/CH4N.2CH4/c1-2;;/h2H,1H3;2*1H4/q-1;;. The summed E-state index contributed by atoms with van der Waals surface area (Å²) in [5, 5.41) is 0. The van der Waals surface area contributed by atoms with Gasteiger partial charge in [0.15, 0.2) is 0 Å². The average Bonchev–Trinajstić information content (AvgIpc) is 1.00. The highest BCUT2D eigenvalue weighted by Crippen LogP contribution is 1.07. The van der Waals surface area contributed by atoms with E-state index in [2.05, 4.69) is 0 Å². The van der Waals surface area contributed by atoms with Gasteiger partial charge in [-0.3, -0.25) is 0 Å². The van der Waals surface area contributed by atoms with E-state index >= 15 is 0 Å². The molecule has 0 aliphatic rings. The molecule has 0 aromatic heterocycles. The summed E-state index contributed by atoms with van der Waals surface area (Å²) in [6, 6.07) is 0. The molecule has 1 nitrogen and oxygen atoms in total. The summed E-state index contributed by atoms with van der Waals surface area (Å²) in [5.41, 5.74) is 5.75. The van der Waals surface area contributed by atoms with E-state index < -0.39 is 0 Å². The maximum atomic E-state index is 5.75. The molecule has 0 rings (SSSR count). The third kappa shape index (κ3) is 1130. The second-order valence-corrected chi connectivity index (χ2v) is 0. The van der Waals surface area contributed by atoms with E-state index in [1.165, 1.54) is 7.05 Å². The van der Waals surface area contributed by atoms with Crippen molar-refractivity contribution in [3.05, 3.63) is 5.73 Å². The normalized spacial score (nSPS) is 1.50. The lowest BCUT2D eigenvalue weighted by molar-refractivity contribution is 2.01. The summed E-state index contributed by atoms with van der Waals surface area (Å²) in [6.07, 6.45) is 0. The third-order valence-corrected chi connectivity index (χ3v) is 0. The molecule has 30 valence electrons. The highest BCUT2D eigenvalue weighted by Gasteiger charge is 0.611. The minimum absolute atomic E-state index is 0. The number of nitrogens with one attached hydrogen (secondary N) is 1. The number of hydrogen-bond acceptors (Lipinski definition) is 0. The molecule has 0 amide bonds. The van der Waals surface area contributed by atoms with Crippen LogP contribution in [0.15, 0.2) is 0 Å². The Morgan fingerprint density at radius 3 is 1.00 bits per heavy atom. The van der Waals surface area contributed by atoms with Crippen molar-refractivity contribution in [1.82, 2.24) is 0 Å². The van der Waals surface area contributed by atoms with Gasteiger partial charge < -0.3 is 5.73 Å². The fourth-order valence-corrected chi connectivity index (χ4v) is 0. The molecule has 4 heavy (non-hydrogen) atoms. The van der Waals surface area contributed by atoms with E-state index in [9.17, 15) is 0 Å². The molecule has 0 bridgehead atoms. The molecule has 0 aromatic carbocycles. The molecular formula is C3H12N-. The summed E-state index contributed by atoms with van der Waals surface area (Å²) in [5.74, 6) is 0. The van der Waals surface area contributed by atoms with Gasteiger partial charge in [0.1, 0.15) is 0 Å². The minimum Gasteiger partial charge on any atom is -0.680 e. The van der Waals surface area contributed by atoms with Crippen LogP contribution in [-0.2, 0) is 0 Å². The van der Waals surface area contributed by atoms with Crippen LogP contribution in [0.5, 0.6) is 0 Å². The lowest BCUT2D eigenvalue weighted by atomic mass is 11.6. The van der Waals surface area contributed by atoms with Crippen molar-refractivity contribution in [2.75, 3.05) is 7.05 Å². The molecule has 1 heteroatoms. The van der Waals surface area contributed by atoms with Crippen LogP contribution in [0, 0.1) is 0 Å². The van der Waals surface area contributed by atoms with Gasteiger partial charge >= 0.3 is 0 Å². The summed E-state index contributed by atoms with van der Waals surface area (Å²) in [4.78, 5) is 0. The van der Waals surface area contributed by atoms with E-state index in [0.29, 0.717) is 0 Å². The van der Waals surface area contributed by atoms with Crippen LogP contribution in [0.1, 0.15) is 14.9 Å². The Kier molecular flexibility index (Phi) is 66900. The maximum absolute atomic E-state index is 5.75. The topological polar surface area (TPSA) is 23.8 Å². The molecule has 0 aliphatic carbocycles. The first-order chi connectivity index (χ1) is 1.00. The zero-order chi connectivity index (χ0) is 2.00. The summed E-state index contributed by atoms with van der Waals surface area (Å²) in [7, 11) is 1.25. The Morgan fingerprint density at radius 2 is 1.00 bits per heavy atom. The van der Waals surface area contributed by atoms with Crippen LogP contribution < -0.4 is 0 Å². The number of rotatable bonds is 0. The molecule has 0 aliphatic heterocycles. The van der Waals surface area contributed by atoms with Crippen LogP contribution in [-0.4, -0.2) is 7.05 Å². The molecule has 0 radical (unpaired) electrons. The zero-order valence-corrected chi connectivity index (χ0v) is 1.50. The first-order valence-corrected chi connectivity index (χ1v) is 0.500. The fraction of sp³-hybridized carbons (Fsp3) is 1.00. The van der Waals surface area contributed by atoms with Crippen molar-refractivity contribution >= 4 is 0 Å². The fourth-order valence-electron chi connectivity index (χ4n) is 0. The molecule has 0 saturated carbocycles. The van der Waals surface area contributed by atoms with E-state index in [0.717, 1.165) is 0 Å². The molecule has 0 spiro atoms. The first-order valence-electron chi connectivity index (χ1n) is 0.500. The minimum atomic E-state index is 0. The molecule has 0 atom stereocenters. The summed E-state index contributed by atoms with van der Waals surface area (Å²) >= 11 is 0. The van der Waals surface area contributed by atoms with Crippen molar-refractivity contribution in [3.8, 4) is 0 Å². The van der Waals surface area contributed by atoms with Crippen molar-refractivity contribution < 1.29 is 0 Å². The van der Waals surface area contributed by atoms with Gasteiger partial charge in [0.2, 0.25) is 0 Å². The monoisotopic (exact) mass is 62.1 g/mol. The van der Waals surface area contributed by atoms with Gasteiger partial charge in [-0.1, -0.05) is 14.9 Å². The van der Waals surface area contributed by atoms with Gasteiger partial charge in [-0.05, 0) is 0 Å². The molecular weight excluding hydrogens is 50.0 g/mol. The average molecular weight is 62.1 g/mol. The smallest absolute Gasteiger partial charge is 0.0776 e. The molecule has 1 N–H and O–H groups in total. The van der Waals surface area contributed by atoms with E-state index in [1.807, 2.05) is 0 Å². The third-order valence-electron chi connectivity index (χ3n) is 0. The summed E-state index contributed by atoms with van der Waals surface area (Å²) in [6.45, 7) is 0. The van der Waals surface area contributed by atoms with E-state index in [-0.39, 0.29) is 14.9 Å². The van der Waals surface area contributed by atoms with E-state index in [1.54, 1.807) is 0 Å². The zero-order valence-electron chi connectivity index (χ0n) is 1.50. The first kappa shape index (κ1) is 37.6. The maximum Gasteiger partial charge on any atom is -0.0776 e. The highest BCUT2D eigenvalue weighted by molar-refractivity contribution is 4.10. The van der Waals surface area contributed by atoms with Crippen LogP contribution in [0.3, 0.4) is 0 Å². The van der Waals surface area contributed by atoms with Crippen LogP contribution in [0.2, 0.25) is 0 Å². The van der Waals surface area contributed by atoms with Crippen molar-refractivity contribution in [2.24, 2.45) is 0 Å². The predicted molar refractivity (Wildman–Crippen MR) is 23.7 cm³/mol. The van der Waals surface area contributed by atoms with Gasteiger partial charge in [-0.25, -0.2) is 0 Å². The Labute approximate surface area is 28.8 Å². The molecule has 0 fully saturated rings. The van der Waals surface area contributed by atoms with Crippen LogP contribution in [0.25, 0.3) is 5.73 Å². The van der Waals surface area contributed by atoms with Gasteiger partial charge in [-0.2, -0.15) is 7.05 Å². The SMILES string of the molecule is C.C.C[NH-]. The largest absolute Gasteiger partial charge is 0.680 e. The van der Waals surface area contributed by atoms with Gasteiger partial charge in [0.25, 0.3) is 0 Å². The van der Waals surface area contributed by atoms with Crippen molar-refractivity contribution in [3.63, 3.8) is 0 Å². The Hall–Kier alpha value is -0.0400. The molecule has 0 heterocycles. The van der Waals surface area contributed by atoms with Gasteiger partial charge in [0.05, 0.1) is 0 Å². The second kappa shape index (κ2) is 7110. The predicted octanol–water partition coefficient (Wildman–Crippen LogP) is 1.94. The molecule has 0 unspecified atom stereocenters. The van der Waals surface area contributed by atoms with Crippen molar-refractivity contribution in [2.45, 2.75) is 14.9 Å². The lowest BCUT2D eigenvalue weighted by Gasteiger charge is -1.45. The Morgan fingerprint density at radius 1 is 1.00 bits per heavy atom. The molecule has 0 saturated heterocycles. The Balaban J connectivity index is -0.00000000500. The van der Waals surface area contributed by atoms with Crippen molar-refractivity contribution in [1.29, 1.82) is 0 Å². The molecule has 0 aromatic rings. The highest BCUT2D eigenvalue weighted by atomic mass is 14.4. The quantitative estimate of drug-likeness (QED) is 0.409. The van der Waals surface area contributed by atoms with Gasteiger partial charge in [-0.15, -0.1) is 0 Å². The Bertz CT molecular complexity index is 3.25. The van der Waals surface area contributed by atoms with Gasteiger partial charge in [0, 0.05) is 0 Å². The second-order valence-electron chi connectivity index (χ2n) is 0. The number of hydrogen-bond donors (Lipinski definition) is 0. The van der Waals surface area contributed by atoms with E-state index in [4.69, 9.17) is 5.73 Å². The van der Waals surface area contributed by atoms with Crippen LogP contribution >= 0.6 is 0 Å². The van der Waals surface area contributed by atoms with Crippen LogP contribution in [0.4, 0.5) is 0 Å².